The number of hydrogen-bond donors (Lipinski definition) is 2. The quantitative estimate of drug-likeness (QED) is 0.667. The molecule has 0 saturated heterocycles. The van der Waals surface area contributed by atoms with Crippen LogP contribution in [0.25, 0.3) is 0 Å². The highest BCUT2D eigenvalue weighted by Crippen LogP contribution is 2.28. The fraction of sp³-hybridized carbons (Fsp3) is 0.875. The van der Waals surface area contributed by atoms with E-state index in [1.54, 1.807) is 13.8 Å². The minimum atomic E-state index is -3.65. The molecule has 1 aliphatic carbocycles. The Labute approximate surface area is 89.4 Å². The number of carboxylic acids is 1. The van der Waals surface area contributed by atoms with E-state index >= 15 is 0 Å². The zero-order valence-electron chi connectivity index (χ0n) is 8.80. The fourth-order valence-corrected chi connectivity index (χ4v) is 2.89. The molecule has 0 aliphatic heterocycles. The number of nitrogens with zero attached hydrogens (tertiary/aromatic N) is 1. The van der Waals surface area contributed by atoms with Crippen molar-refractivity contribution in [3.63, 3.8) is 0 Å². The lowest BCUT2D eigenvalue weighted by atomic mass is 10.4. The number of carbonyl (C=O) groups is 1. The Morgan fingerprint density at radius 1 is 1.53 bits per heavy atom. The molecule has 1 aliphatic rings. The highest BCUT2D eigenvalue weighted by atomic mass is 32.2. The SMILES string of the molecule is CC(C)NS(=O)(=O)N(CC(=O)O)C1CC1. The van der Waals surface area contributed by atoms with Gasteiger partial charge in [0.15, 0.2) is 0 Å². The zero-order valence-corrected chi connectivity index (χ0v) is 9.62. The van der Waals surface area contributed by atoms with Gasteiger partial charge in [-0.1, -0.05) is 0 Å². The van der Waals surface area contributed by atoms with Gasteiger partial charge in [-0.05, 0) is 26.7 Å². The molecule has 0 aromatic rings. The first-order valence-corrected chi connectivity index (χ1v) is 6.28. The Morgan fingerprint density at radius 3 is 2.40 bits per heavy atom. The standard InChI is InChI=1S/C8H16N2O4S/c1-6(2)9-15(13,14)10(5-8(11)12)7-3-4-7/h6-7,9H,3-5H2,1-2H3,(H,11,12). The maximum atomic E-state index is 11.7. The van der Waals surface area contributed by atoms with Crippen molar-refractivity contribution >= 4 is 16.2 Å². The smallest absolute Gasteiger partial charge is 0.318 e. The summed E-state index contributed by atoms with van der Waals surface area (Å²) < 4.78 is 26.8. The molecule has 1 rings (SSSR count). The van der Waals surface area contributed by atoms with Crippen molar-refractivity contribution in [2.24, 2.45) is 0 Å². The summed E-state index contributed by atoms with van der Waals surface area (Å²) in [5.41, 5.74) is 0. The third-order valence-electron chi connectivity index (χ3n) is 1.94. The number of nitrogens with one attached hydrogen (secondary N) is 1. The monoisotopic (exact) mass is 236 g/mol. The van der Waals surface area contributed by atoms with Gasteiger partial charge >= 0.3 is 5.97 Å². The Bertz CT molecular complexity index is 335. The molecule has 7 heteroatoms. The lowest BCUT2D eigenvalue weighted by molar-refractivity contribution is -0.137. The van der Waals surface area contributed by atoms with Gasteiger partial charge in [0.1, 0.15) is 6.54 Å². The second-order valence-corrected chi connectivity index (χ2v) is 5.60. The minimum absolute atomic E-state index is 0.141. The van der Waals surface area contributed by atoms with E-state index in [2.05, 4.69) is 4.72 Å². The molecule has 0 atom stereocenters. The molecule has 0 heterocycles. The molecule has 15 heavy (non-hydrogen) atoms. The van der Waals surface area contributed by atoms with Crippen LogP contribution in [-0.4, -0.2) is 42.4 Å². The molecule has 1 fully saturated rings. The van der Waals surface area contributed by atoms with Crippen LogP contribution >= 0.6 is 0 Å². The van der Waals surface area contributed by atoms with E-state index < -0.39 is 22.7 Å². The Hall–Kier alpha value is -0.660. The van der Waals surface area contributed by atoms with Crippen molar-refractivity contribution in [3.8, 4) is 0 Å². The second kappa shape index (κ2) is 4.46. The Morgan fingerprint density at radius 2 is 2.07 bits per heavy atom. The normalized spacial score (nSPS) is 17.3. The summed E-state index contributed by atoms with van der Waals surface area (Å²) in [6.07, 6.45) is 1.48. The van der Waals surface area contributed by atoms with Crippen molar-refractivity contribution in [2.75, 3.05) is 6.54 Å². The minimum Gasteiger partial charge on any atom is -0.480 e. The fourth-order valence-electron chi connectivity index (χ4n) is 1.27. The van der Waals surface area contributed by atoms with E-state index in [0.29, 0.717) is 0 Å². The molecule has 0 amide bonds. The van der Waals surface area contributed by atoms with E-state index in [9.17, 15) is 13.2 Å². The van der Waals surface area contributed by atoms with Gasteiger partial charge in [-0.3, -0.25) is 4.79 Å². The van der Waals surface area contributed by atoms with Crippen LogP contribution in [-0.2, 0) is 15.0 Å². The first-order chi connectivity index (χ1) is 6.83. The molecule has 0 aromatic carbocycles. The predicted octanol–water partition coefficient (Wildman–Crippen LogP) is -0.222. The zero-order chi connectivity index (χ0) is 11.6. The third kappa shape index (κ3) is 3.77. The van der Waals surface area contributed by atoms with E-state index in [1.165, 1.54) is 0 Å². The van der Waals surface area contributed by atoms with Gasteiger partial charge in [0.25, 0.3) is 10.2 Å². The van der Waals surface area contributed by atoms with Gasteiger partial charge in [-0.15, -0.1) is 0 Å². The van der Waals surface area contributed by atoms with Gasteiger partial charge in [0.05, 0.1) is 0 Å². The summed E-state index contributed by atoms with van der Waals surface area (Å²) in [6, 6.07) is -0.373. The lowest BCUT2D eigenvalue weighted by Gasteiger charge is -2.21. The maximum absolute atomic E-state index is 11.7. The number of aliphatic carboxylic acids is 1. The average Bonchev–Trinajstić information content (AvgIpc) is 2.79. The summed E-state index contributed by atoms with van der Waals surface area (Å²) in [5.74, 6) is -1.13. The van der Waals surface area contributed by atoms with Crippen molar-refractivity contribution in [1.29, 1.82) is 0 Å². The number of carboxylic acid groups (broad SMARTS) is 1. The van der Waals surface area contributed by atoms with Gasteiger partial charge in [-0.2, -0.15) is 17.4 Å². The van der Waals surface area contributed by atoms with Gasteiger partial charge < -0.3 is 5.11 Å². The predicted molar refractivity (Wildman–Crippen MR) is 54.6 cm³/mol. The molecule has 1 saturated carbocycles. The Kier molecular flexibility index (Phi) is 3.69. The van der Waals surface area contributed by atoms with E-state index in [1.807, 2.05) is 0 Å². The van der Waals surface area contributed by atoms with Crippen LogP contribution in [0.5, 0.6) is 0 Å². The summed E-state index contributed by atoms with van der Waals surface area (Å²) in [5, 5.41) is 8.62. The van der Waals surface area contributed by atoms with Crippen LogP contribution in [0.1, 0.15) is 26.7 Å². The largest absolute Gasteiger partial charge is 0.480 e. The van der Waals surface area contributed by atoms with E-state index in [0.717, 1.165) is 17.1 Å². The maximum Gasteiger partial charge on any atom is 0.318 e. The molecule has 0 radical (unpaired) electrons. The summed E-state index contributed by atoms with van der Waals surface area (Å²) >= 11 is 0. The van der Waals surface area contributed by atoms with Crippen molar-refractivity contribution in [1.82, 2.24) is 9.03 Å². The molecule has 88 valence electrons. The van der Waals surface area contributed by atoms with Crippen LogP contribution in [0.3, 0.4) is 0 Å². The second-order valence-electron chi connectivity index (χ2n) is 3.95. The van der Waals surface area contributed by atoms with Gasteiger partial charge in [-0.25, -0.2) is 0 Å². The molecular formula is C8H16N2O4S. The third-order valence-corrected chi connectivity index (χ3v) is 3.75. The molecule has 0 bridgehead atoms. The molecule has 0 unspecified atom stereocenters. The molecule has 6 nitrogen and oxygen atoms in total. The van der Waals surface area contributed by atoms with Crippen LogP contribution in [0.4, 0.5) is 0 Å². The van der Waals surface area contributed by atoms with Crippen LogP contribution < -0.4 is 4.72 Å². The van der Waals surface area contributed by atoms with Crippen molar-refractivity contribution in [3.05, 3.63) is 0 Å². The molecule has 2 N–H and O–H groups in total. The topological polar surface area (TPSA) is 86.7 Å². The number of hydrogen-bond acceptors (Lipinski definition) is 3. The summed E-state index contributed by atoms with van der Waals surface area (Å²) in [4.78, 5) is 10.5. The highest BCUT2D eigenvalue weighted by Gasteiger charge is 2.38. The summed E-state index contributed by atoms with van der Waals surface area (Å²) in [6.45, 7) is 2.93. The number of rotatable bonds is 6. The van der Waals surface area contributed by atoms with E-state index in [-0.39, 0.29) is 12.1 Å². The van der Waals surface area contributed by atoms with Crippen molar-refractivity contribution in [2.45, 2.75) is 38.8 Å². The van der Waals surface area contributed by atoms with Crippen molar-refractivity contribution < 1.29 is 18.3 Å². The van der Waals surface area contributed by atoms with Crippen LogP contribution in [0.2, 0.25) is 0 Å². The summed E-state index contributed by atoms with van der Waals surface area (Å²) in [7, 11) is -3.65. The van der Waals surface area contributed by atoms with Crippen LogP contribution in [0.15, 0.2) is 0 Å². The lowest BCUT2D eigenvalue weighted by Crippen LogP contribution is -2.46. The van der Waals surface area contributed by atoms with Gasteiger partial charge in [0, 0.05) is 12.1 Å². The van der Waals surface area contributed by atoms with Gasteiger partial charge in [0.2, 0.25) is 0 Å². The molecule has 0 spiro atoms. The first kappa shape index (κ1) is 12.4. The highest BCUT2D eigenvalue weighted by molar-refractivity contribution is 7.87. The molecular weight excluding hydrogens is 220 g/mol. The van der Waals surface area contributed by atoms with Crippen LogP contribution in [0, 0.1) is 0 Å². The average molecular weight is 236 g/mol. The Balaban J connectivity index is 2.74. The van der Waals surface area contributed by atoms with E-state index in [4.69, 9.17) is 5.11 Å². The first-order valence-electron chi connectivity index (χ1n) is 4.84. The molecule has 0 aromatic heterocycles.